The van der Waals surface area contributed by atoms with Crippen LogP contribution < -0.4 is 5.32 Å². The highest BCUT2D eigenvalue weighted by molar-refractivity contribution is 5.70. The largest absolute Gasteiger partial charge is 0.445 e. The summed E-state index contributed by atoms with van der Waals surface area (Å²) in [6.45, 7) is 0.279. The molecule has 0 unspecified atom stereocenters. The summed E-state index contributed by atoms with van der Waals surface area (Å²) in [5, 5.41) is 2.99. The fraction of sp³-hybridized carbons (Fsp3) is 0.500. The van der Waals surface area contributed by atoms with Crippen molar-refractivity contribution in [3.63, 3.8) is 0 Å². The lowest BCUT2D eigenvalue weighted by atomic mass is 9.86. The molecule has 3 rings (SSSR count). The van der Waals surface area contributed by atoms with E-state index in [1.54, 1.807) is 0 Å². The van der Waals surface area contributed by atoms with E-state index in [1.807, 2.05) is 30.3 Å². The van der Waals surface area contributed by atoms with Crippen LogP contribution in [0.2, 0.25) is 0 Å². The van der Waals surface area contributed by atoms with Crippen molar-refractivity contribution in [3.8, 4) is 0 Å². The molecular weight excluding hydrogens is 254 g/mol. The van der Waals surface area contributed by atoms with Gasteiger partial charge in [-0.05, 0) is 37.7 Å². The quantitative estimate of drug-likeness (QED) is 0.858. The Hall–Kier alpha value is -1.84. The number of nitrogens with one attached hydrogen (secondary N) is 1. The third kappa shape index (κ3) is 2.42. The van der Waals surface area contributed by atoms with E-state index in [0.29, 0.717) is 0 Å². The number of amides is 1. The molecule has 1 aromatic carbocycles. The SMILES string of the molecule is O=CC12CCC(NC(=O)OCc3ccccc3)(CC1)C2. The molecule has 2 bridgehead atoms. The predicted molar refractivity (Wildman–Crippen MR) is 74.1 cm³/mol. The molecule has 1 amide bonds. The van der Waals surface area contributed by atoms with Gasteiger partial charge in [0.2, 0.25) is 0 Å². The number of ether oxygens (including phenoxy) is 1. The lowest BCUT2D eigenvalue weighted by Gasteiger charge is -2.27. The average molecular weight is 273 g/mol. The summed E-state index contributed by atoms with van der Waals surface area (Å²) in [5.74, 6) is 0. The van der Waals surface area contributed by atoms with Crippen molar-refractivity contribution in [2.45, 2.75) is 44.2 Å². The molecule has 0 heterocycles. The van der Waals surface area contributed by atoms with E-state index in [1.165, 1.54) is 0 Å². The summed E-state index contributed by atoms with van der Waals surface area (Å²) in [7, 11) is 0. The van der Waals surface area contributed by atoms with Crippen molar-refractivity contribution >= 4 is 12.4 Å². The molecular formula is C16H19NO3. The molecule has 0 atom stereocenters. The van der Waals surface area contributed by atoms with Gasteiger partial charge in [-0.15, -0.1) is 0 Å². The number of rotatable bonds is 4. The average Bonchev–Trinajstić information content (AvgIpc) is 3.02. The summed E-state index contributed by atoms with van der Waals surface area (Å²) >= 11 is 0. The van der Waals surface area contributed by atoms with Gasteiger partial charge in [0.15, 0.2) is 0 Å². The van der Waals surface area contributed by atoms with Crippen LogP contribution in [-0.4, -0.2) is 17.9 Å². The van der Waals surface area contributed by atoms with Crippen molar-refractivity contribution in [2.24, 2.45) is 5.41 Å². The maximum atomic E-state index is 11.9. The Bertz CT molecular complexity index is 504. The Morgan fingerprint density at radius 2 is 1.90 bits per heavy atom. The zero-order valence-electron chi connectivity index (χ0n) is 11.4. The summed E-state index contributed by atoms with van der Waals surface area (Å²) in [5.41, 5.74) is 0.571. The lowest BCUT2D eigenvalue weighted by Crippen LogP contribution is -2.45. The van der Waals surface area contributed by atoms with Gasteiger partial charge in [0, 0.05) is 11.0 Å². The number of hydrogen-bond donors (Lipinski definition) is 1. The van der Waals surface area contributed by atoms with Crippen LogP contribution in [0.1, 0.15) is 37.7 Å². The molecule has 2 aliphatic carbocycles. The van der Waals surface area contributed by atoms with Crippen molar-refractivity contribution in [2.75, 3.05) is 0 Å². The third-order valence-corrected chi connectivity index (χ3v) is 4.72. The van der Waals surface area contributed by atoms with Crippen molar-refractivity contribution in [1.82, 2.24) is 5.32 Å². The van der Waals surface area contributed by atoms with Gasteiger partial charge in [-0.1, -0.05) is 30.3 Å². The van der Waals surface area contributed by atoms with Gasteiger partial charge in [0.1, 0.15) is 12.9 Å². The van der Waals surface area contributed by atoms with Crippen LogP contribution in [0.3, 0.4) is 0 Å². The van der Waals surface area contributed by atoms with E-state index >= 15 is 0 Å². The molecule has 2 saturated carbocycles. The number of hydrogen-bond acceptors (Lipinski definition) is 3. The second-order valence-electron chi connectivity index (χ2n) is 6.12. The summed E-state index contributed by atoms with van der Waals surface area (Å²) in [6, 6.07) is 9.62. The van der Waals surface area contributed by atoms with Crippen LogP contribution in [0.15, 0.2) is 30.3 Å². The molecule has 20 heavy (non-hydrogen) atoms. The first kappa shape index (κ1) is 13.2. The highest BCUT2D eigenvalue weighted by Crippen LogP contribution is 2.55. The van der Waals surface area contributed by atoms with Crippen LogP contribution in [0.4, 0.5) is 4.79 Å². The number of aldehydes is 1. The summed E-state index contributed by atoms with van der Waals surface area (Å²) < 4.78 is 5.26. The number of carbonyl (C=O) groups excluding carboxylic acids is 2. The molecule has 4 nitrogen and oxygen atoms in total. The van der Waals surface area contributed by atoms with Gasteiger partial charge in [0.05, 0.1) is 0 Å². The predicted octanol–water partition coefficient (Wildman–Crippen LogP) is 2.81. The molecule has 0 radical (unpaired) electrons. The standard InChI is InChI=1S/C16H19NO3/c18-12-15-6-8-16(11-15,9-7-15)17-14(19)20-10-13-4-2-1-3-5-13/h1-5,12H,6-11H2,(H,17,19). The number of benzene rings is 1. The molecule has 2 aliphatic rings. The summed E-state index contributed by atoms with van der Waals surface area (Å²) in [4.78, 5) is 23.1. The first-order valence-electron chi connectivity index (χ1n) is 7.11. The van der Waals surface area contributed by atoms with Gasteiger partial charge in [-0.25, -0.2) is 4.79 Å². The number of alkyl carbamates (subject to hydrolysis) is 1. The fourth-order valence-corrected chi connectivity index (χ4v) is 3.56. The Morgan fingerprint density at radius 3 is 2.50 bits per heavy atom. The van der Waals surface area contributed by atoms with Gasteiger partial charge < -0.3 is 14.8 Å². The Kier molecular flexibility index (Phi) is 3.24. The maximum absolute atomic E-state index is 11.9. The number of carbonyl (C=O) groups is 2. The molecule has 2 fully saturated rings. The molecule has 4 heteroatoms. The zero-order valence-corrected chi connectivity index (χ0v) is 11.4. The Balaban J connectivity index is 1.54. The van der Waals surface area contributed by atoms with Crippen LogP contribution in [-0.2, 0) is 16.1 Å². The molecule has 0 spiro atoms. The van der Waals surface area contributed by atoms with Crippen LogP contribution >= 0.6 is 0 Å². The fourth-order valence-electron chi connectivity index (χ4n) is 3.56. The first-order chi connectivity index (χ1) is 9.65. The highest BCUT2D eigenvalue weighted by atomic mass is 16.5. The van der Waals surface area contributed by atoms with Crippen molar-refractivity contribution < 1.29 is 14.3 Å². The molecule has 1 N–H and O–H groups in total. The topological polar surface area (TPSA) is 55.4 Å². The van der Waals surface area contributed by atoms with E-state index in [0.717, 1.165) is 44.0 Å². The maximum Gasteiger partial charge on any atom is 0.407 e. The third-order valence-electron chi connectivity index (χ3n) is 4.72. The Morgan fingerprint density at radius 1 is 1.20 bits per heavy atom. The highest BCUT2D eigenvalue weighted by Gasteiger charge is 2.55. The Labute approximate surface area is 118 Å². The second-order valence-corrected chi connectivity index (χ2v) is 6.12. The smallest absolute Gasteiger partial charge is 0.407 e. The van der Waals surface area contributed by atoms with Crippen molar-refractivity contribution in [3.05, 3.63) is 35.9 Å². The minimum absolute atomic E-state index is 0.188. The van der Waals surface area contributed by atoms with Crippen LogP contribution in [0.25, 0.3) is 0 Å². The molecule has 1 aromatic rings. The van der Waals surface area contributed by atoms with Gasteiger partial charge in [-0.2, -0.15) is 0 Å². The van der Waals surface area contributed by atoms with Crippen LogP contribution in [0.5, 0.6) is 0 Å². The minimum Gasteiger partial charge on any atom is -0.445 e. The monoisotopic (exact) mass is 273 g/mol. The van der Waals surface area contributed by atoms with E-state index in [2.05, 4.69) is 5.32 Å². The second kappa shape index (κ2) is 4.93. The normalized spacial score (nSPS) is 31.0. The van der Waals surface area contributed by atoms with E-state index < -0.39 is 0 Å². The molecule has 0 aliphatic heterocycles. The summed E-state index contributed by atoms with van der Waals surface area (Å²) in [6.07, 6.45) is 5.00. The van der Waals surface area contributed by atoms with E-state index in [4.69, 9.17) is 4.74 Å². The van der Waals surface area contributed by atoms with Crippen molar-refractivity contribution in [1.29, 1.82) is 0 Å². The molecule has 106 valence electrons. The van der Waals surface area contributed by atoms with Gasteiger partial charge in [-0.3, -0.25) is 0 Å². The van der Waals surface area contributed by atoms with Gasteiger partial charge >= 0.3 is 6.09 Å². The zero-order chi connectivity index (χ0) is 14.1. The molecule has 0 aromatic heterocycles. The first-order valence-corrected chi connectivity index (χ1v) is 7.11. The van der Waals surface area contributed by atoms with Crippen LogP contribution in [0, 0.1) is 5.41 Å². The number of fused-ring (bicyclic) bond motifs is 2. The van der Waals surface area contributed by atoms with Gasteiger partial charge in [0.25, 0.3) is 0 Å². The van der Waals surface area contributed by atoms with E-state index in [-0.39, 0.29) is 23.7 Å². The molecule has 0 saturated heterocycles. The lowest BCUT2D eigenvalue weighted by molar-refractivity contribution is -0.115. The van der Waals surface area contributed by atoms with E-state index in [9.17, 15) is 9.59 Å². The minimum atomic E-state index is -0.377.